The molecule has 1 aromatic carbocycles. The number of aromatic nitrogens is 3. The third-order valence-corrected chi connectivity index (χ3v) is 5.30. The minimum atomic E-state index is -0.396. The topological polar surface area (TPSA) is 59.8 Å². The molecule has 2 aliphatic rings. The van der Waals surface area contributed by atoms with Crippen molar-refractivity contribution in [1.29, 1.82) is 0 Å². The molecule has 1 fully saturated rings. The summed E-state index contributed by atoms with van der Waals surface area (Å²) in [5.74, 6) is 2.24. The van der Waals surface area contributed by atoms with E-state index in [0.717, 1.165) is 37.5 Å². The molecule has 1 aliphatic carbocycles. The van der Waals surface area contributed by atoms with Crippen LogP contribution in [0.15, 0.2) is 18.2 Å². The highest BCUT2D eigenvalue weighted by atomic mass is 35.5. The number of halogens is 2. The summed E-state index contributed by atoms with van der Waals surface area (Å²) in [6.45, 7) is 0.844. The van der Waals surface area contributed by atoms with Crippen LogP contribution in [0, 0.1) is 5.82 Å². The number of nitrogens with zero attached hydrogens (tertiary/aromatic N) is 3. The number of aryl methyl sites for hydroxylation is 1. The smallest absolute Gasteiger partial charge is 0.224 e. The van der Waals surface area contributed by atoms with E-state index in [1.807, 2.05) is 0 Å². The van der Waals surface area contributed by atoms with Gasteiger partial charge >= 0.3 is 0 Å². The number of nitrogens with one attached hydrogen (secondary N) is 1. The molecule has 0 spiro atoms. The standard InChI is InChI=1S/C18H20ClFN4O/c19-15-10-13(20)4-3-12(15)9-17(25)21-14-5-6-16-22-23-18(11-1-2-11)24(16)8-7-14/h3-4,10-11,14H,1-2,5-9H2,(H,21,25). The molecular formula is C18H20ClFN4O. The largest absolute Gasteiger partial charge is 0.353 e. The van der Waals surface area contributed by atoms with Crippen LogP contribution in [0.2, 0.25) is 5.02 Å². The van der Waals surface area contributed by atoms with Crippen LogP contribution in [0.1, 0.15) is 48.8 Å². The van der Waals surface area contributed by atoms with E-state index < -0.39 is 5.82 Å². The first kappa shape index (κ1) is 16.5. The van der Waals surface area contributed by atoms with E-state index in [1.54, 1.807) is 6.07 Å². The molecule has 2 heterocycles. The number of hydrogen-bond donors (Lipinski definition) is 1. The Morgan fingerprint density at radius 3 is 2.88 bits per heavy atom. The van der Waals surface area contributed by atoms with Crippen molar-refractivity contribution >= 4 is 17.5 Å². The fourth-order valence-corrected chi connectivity index (χ4v) is 3.65. The zero-order valence-corrected chi connectivity index (χ0v) is 14.6. The Labute approximate surface area is 150 Å². The van der Waals surface area contributed by atoms with Crippen LogP contribution in [-0.2, 0) is 24.2 Å². The molecule has 5 nitrogen and oxygen atoms in total. The first-order valence-electron chi connectivity index (χ1n) is 8.75. The van der Waals surface area contributed by atoms with E-state index >= 15 is 0 Å². The summed E-state index contributed by atoms with van der Waals surface area (Å²) in [5, 5.41) is 12.0. The molecule has 132 valence electrons. The molecule has 25 heavy (non-hydrogen) atoms. The lowest BCUT2D eigenvalue weighted by atomic mass is 10.1. The fraction of sp³-hybridized carbons (Fsp3) is 0.500. The number of benzene rings is 1. The SMILES string of the molecule is O=C(Cc1ccc(F)cc1Cl)NC1CCc2nnc(C3CC3)n2CC1. The molecule has 1 unspecified atom stereocenters. The summed E-state index contributed by atoms with van der Waals surface area (Å²) in [6, 6.07) is 4.24. The van der Waals surface area contributed by atoms with Gasteiger partial charge in [0.1, 0.15) is 17.5 Å². The van der Waals surface area contributed by atoms with Crippen LogP contribution in [0.3, 0.4) is 0 Å². The molecule has 1 N–H and O–H groups in total. The molecule has 7 heteroatoms. The first-order valence-corrected chi connectivity index (χ1v) is 9.13. The van der Waals surface area contributed by atoms with Crippen molar-refractivity contribution in [2.75, 3.05) is 0 Å². The van der Waals surface area contributed by atoms with E-state index in [2.05, 4.69) is 20.1 Å². The van der Waals surface area contributed by atoms with Gasteiger partial charge in [-0.3, -0.25) is 4.79 Å². The quantitative estimate of drug-likeness (QED) is 0.909. The van der Waals surface area contributed by atoms with Gasteiger partial charge in [-0.05, 0) is 43.4 Å². The molecule has 4 rings (SSSR count). The maximum absolute atomic E-state index is 13.1. The summed E-state index contributed by atoms with van der Waals surface area (Å²) >= 11 is 6.00. The zero-order valence-electron chi connectivity index (χ0n) is 13.8. The summed E-state index contributed by atoms with van der Waals surface area (Å²) in [7, 11) is 0. The predicted octanol–water partition coefficient (Wildman–Crippen LogP) is 3.01. The van der Waals surface area contributed by atoms with Crippen molar-refractivity contribution in [3.63, 3.8) is 0 Å². The Bertz CT molecular complexity index is 802. The number of carbonyl (C=O) groups excluding carboxylic acids is 1. The van der Waals surface area contributed by atoms with Gasteiger partial charge in [0.25, 0.3) is 0 Å². The number of rotatable bonds is 4. The number of fused-ring (bicyclic) bond motifs is 1. The molecule has 1 atom stereocenters. The van der Waals surface area contributed by atoms with E-state index in [9.17, 15) is 9.18 Å². The van der Waals surface area contributed by atoms with Crippen LogP contribution in [-0.4, -0.2) is 26.7 Å². The second kappa shape index (κ2) is 6.75. The summed E-state index contributed by atoms with van der Waals surface area (Å²) in [4.78, 5) is 12.3. The monoisotopic (exact) mass is 362 g/mol. The van der Waals surface area contributed by atoms with Crippen molar-refractivity contribution in [2.45, 2.75) is 57.0 Å². The van der Waals surface area contributed by atoms with Gasteiger partial charge in [-0.2, -0.15) is 0 Å². The van der Waals surface area contributed by atoms with Crippen molar-refractivity contribution < 1.29 is 9.18 Å². The Morgan fingerprint density at radius 1 is 1.28 bits per heavy atom. The normalized spacial score (nSPS) is 20.0. The van der Waals surface area contributed by atoms with E-state index in [-0.39, 0.29) is 23.4 Å². The van der Waals surface area contributed by atoms with Gasteiger partial charge in [0, 0.05) is 29.9 Å². The second-order valence-electron chi connectivity index (χ2n) is 6.90. The summed E-state index contributed by atoms with van der Waals surface area (Å²) in [5.41, 5.74) is 0.641. The lowest BCUT2D eigenvalue weighted by Gasteiger charge is -2.16. The van der Waals surface area contributed by atoms with Crippen molar-refractivity contribution in [3.8, 4) is 0 Å². The van der Waals surface area contributed by atoms with Gasteiger partial charge in [-0.1, -0.05) is 17.7 Å². The molecule has 0 saturated heterocycles. The fourth-order valence-electron chi connectivity index (χ4n) is 3.41. The molecule has 1 aliphatic heterocycles. The van der Waals surface area contributed by atoms with Crippen LogP contribution >= 0.6 is 11.6 Å². The molecule has 1 saturated carbocycles. The molecule has 0 bridgehead atoms. The third-order valence-electron chi connectivity index (χ3n) is 4.95. The second-order valence-corrected chi connectivity index (χ2v) is 7.31. The Kier molecular flexibility index (Phi) is 4.46. The number of hydrogen-bond acceptors (Lipinski definition) is 3. The Hall–Kier alpha value is -1.95. The predicted molar refractivity (Wildman–Crippen MR) is 92.0 cm³/mol. The molecule has 2 aromatic rings. The van der Waals surface area contributed by atoms with Crippen LogP contribution < -0.4 is 5.32 Å². The third kappa shape index (κ3) is 3.68. The van der Waals surface area contributed by atoms with E-state index in [0.29, 0.717) is 11.5 Å². The minimum absolute atomic E-state index is 0.0846. The minimum Gasteiger partial charge on any atom is -0.353 e. The maximum atomic E-state index is 13.1. The Morgan fingerprint density at radius 2 is 2.12 bits per heavy atom. The molecule has 0 radical (unpaired) electrons. The van der Waals surface area contributed by atoms with Gasteiger partial charge in [0.2, 0.25) is 5.91 Å². The van der Waals surface area contributed by atoms with Crippen molar-refractivity contribution in [3.05, 3.63) is 46.3 Å². The average Bonchev–Trinajstić information content (AvgIpc) is 3.37. The highest BCUT2D eigenvalue weighted by molar-refractivity contribution is 6.31. The number of amides is 1. The summed E-state index contributed by atoms with van der Waals surface area (Å²) < 4.78 is 15.3. The molecular weight excluding hydrogens is 343 g/mol. The molecule has 1 amide bonds. The number of carbonyl (C=O) groups is 1. The first-order chi connectivity index (χ1) is 12.1. The highest BCUT2D eigenvalue weighted by Gasteiger charge is 2.31. The van der Waals surface area contributed by atoms with E-state index in [4.69, 9.17) is 11.6 Å². The van der Waals surface area contributed by atoms with E-state index in [1.165, 1.54) is 25.0 Å². The van der Waals surface area contributed by atoms with Crippen LogP contribution in [0.4, 0.5) is 4.39 Å². The van der Waals surface area contributed by atoms with Gasteiger partial charge in [0.15, 0.2) is 0 Å². The lowest BCUT2D eigenvalue weighted by Crippen LogP contribution is -2.36. The van der Waals surface area contributed by atoms with Crippen LogP contribution in [0.25, 0.3) is 0 Å². The van der Waals surface area contributed by atoms with Crippen molar-refractivity contribution in [2.24, 2.45) is 0 Å². The van der Waals surface area contributed by atoms with Crippen LogP contribution in [0.5, 0.6) is 0 Å². The average molecular weight is 363 g/mol. The zero-order chi connectivity index (χ0) is 17.4. The maximum Gasteiger partial charge on any atom is 0.224 e. The van der Waals surface area contributed by atoms with Gasteiger partial charge < -0.3 is 9.88 Å². The molecule has 1 aromatic heterocycles. The Balaban J connectivity index is 1.36. The van der Waals surface area contributed by atoms with Gasteiger partial charge in [0.05, 0.1) is 6.42 Å². The highest BCUT2D eigenvalue weighted by Crippen LogP contribution is 2.39. The van der Waals surface area contributed by atoms with Crippen molar-refractivity contribution in [1.82, 2.24) is 20.1 Å². The summed E-state index contributed by atoms with van der Waals surface area (Å²) in [6.07, 6.45) is 5.11. The lowest BCUT2D eigenvalue weighted by molar-refractivity contribution is -0.121. The van der Waals surface area contributed by atoms with Gasteiger partial charge in [-0.25, -0.2) is 4.39 Å². The van der Waals surface area contributed by atoms with Gasteiger partial charge in [-0.15, -0.1) is 10.2 Å².